The Balaban J connectivity index is 2.68. The molecular formula is C7H11NO2. The summed E-state index contributed by atoms with van der Waals surface area (Å²) in [6.45, 7) is 1.63. The minimum Gasteiger partial charge on any atom is -0.468 e. The van der Waals surface area contributed by atoms with E-state index in [0.29, 0.717) is 5.76 Å². The van der Waals surface area contributed by atoms with E-state index in [1.807, 2.05) is 0 Å². The molecule has 1 aromatic heterocycles. The fourth-order valence-electron chi connectivity index (χ4n) is 0.719. The predicted octanol–water partition coefficient (Wildman–Crippen LogP) is 0.660. The van der Waals surface area contributed by atoms with Crippen LogP contribution in [-0.2, 0) is 0 Å². The summed E-state index contributed by atoms with van der Waals surface area (Å²) >= 11 is 0. The third kappa shape index (κ3) is 1.37. The van der Waals surface area contributed by atoms with E-state index in [4.69, 9.17) is 15.3 Å². The Morgan fingerprint density at radius 3 is 2.80 bits per heavy atom. The molecule has 0 spiro atoms. The maximum Gasteiger partial charge on any atom is 0.123 e. The third-order valence-electron chi connectivity index (χ3n) is 1.39. The van der Waals surface area contributed by atoms with Gasteiger partial charge in [-0.2, -0.15) is 0 Å². The molecule has 0 aliphatic rings. The van der Waals surface area contributed by atoms with Crippen LogP contribution < -0.4 is 5.73 Å². The summed E-state index contributed by atoms with van der Waals surface area (Å²) in [5.74, 6) is 0.620. The summed E-state index contributed by atoms with van der Waals surface area (Å²) in [4.78, 5) is 0. The van der Waals surface area contributed by atoms with Crippen LogP contribution in [0, 0.1) is 0 Å². The van der Waals surface area contributed by atoms with Gasteiger partial charge in [-0.1, -0.05) is 0 Å². The van der Waals surface area contributed by atoms with Crippen LogP contribution in [0.5, 0.6) is 0 Å². The zero-order valence-corrected chi connectivity index (χ0v) is 5.82. The predicted molar refractivity (Wildman–Crippen MR) is 37.3 cm³/mol. The van der Waals surface area contributed by atoms with Gasteiger partial charge in [-0.15, -0.1) is 0 Å². The number of hydrogen-bond donors (Lipinski definition) is 2. The van der Waals surface area contributed by atoms with Crippen LogP contribution >= 0.6 is 0 Å². The lowest BCUT2D eigenvalue weighted by Crippen LogP contribution is -2.22. The van der Waals surface area contributed by atoms with Crippen LogP contribution in [0.4, 0.5) is 0 Å². The van der Waals surface area contributed by atoms with Crippen LogP contribution in [0.25, 0.3) is 0 Å². The van der Waals surface area contributed by atoms with Crippen molar-refractivity contribution in [2.45, 2.75) is 19.1 Å². The number of hydrogen-bond acceptors (Lipinski definition) is 3. The Hall–Kier alpha value is -0.800. The monoisotopic (exact) mass is 141 g/mol. The normalized spacial score (nSPS) is 16.7. The molecule has 2 atom stereocenters. The average molecular weight is 141 g/mol. The molecule has 10 heavy (non-hydrogen) atoms. The lowest BCUT2D eigenvalue weighted by molar-refractivity contribution is 0.153. The molecule has 0 bridgehead atoms. The second kappa shape index (κ2) is 2.86. The van der Waals surface area contributed by atoms with Crippen LogP contribution in [-0.4, -0.2) is 11.2 Å². The maximum atomic E-state index is 9.01. The summed E-state index contributed by atoms with van der Waals surface area (Å²) in [6.07, 6.45) is 0.976. The molecule has 0 radical (unpaired) electrons. The molecule has 0 amide bonds. The Bertz CT molecular complexity index is 181. The molecule has 1 aromatic rings. The van der Waals surface area contributed by atoms with Gasteiger partial charge in [-0.05, 0) is 19.1 Å². The number of rotatable bonds is 2. The summed E-state index contributed by atoms with van der Waals surface area (Å²) in [5.41, 5.74) is 5.54. The molecule has 0 saturated carbocycles. The van der Waals surface area contributed by atoms with Gasteiger partial charge in [0, 0.05) is 0 Å². The first kappa shape index (κ1) is 7.31. The van der Waals surface area contributed by atoms with Gasteiger partial charge in [-0.3, -0.25) is 0 Å². The molecule has 3 N–H and O–H groups in total. The van der Waals surface area contributed by atoms with Crippen molar-refractivity contribution in [3.8, 4) is 0 Å². The van der Waals surface area contributed by atoms with Gasteiger partial charge in [0.25, 0.3) is 0 Å². The first-order valence-electron chi connectivity index (χ1n) is 3.19. The third-order valence-corrected chi connectivity index (χ3v) is 1.39. The highest BCUT2D eigenvalue weighted by Gasteiger charge is 2.13. The van der Waals surface area contributed by atoms with Crippen molar-refractivity contribution < 1.29 is 9.52 Å². The molecule has 1 heterocycles. The number of furan rings is 1. The number of aliphatic hydroxyl groups excluding tert-OH is 1. The van der Waals surface area contributed by atoms with Crippen molar-refractivity contribution in [3.05, 3.63) is 24.2 Å². The van der Waals surface area contributed by atoms with Crippen molar-refractivity contribution in [1.29, 1.82) is 0 Å². The first-order valence-corrected chi connectivity index (χ1v) is 3.19. The Morgan fingerprint density at radius 2 is 2.40 bits per heavy atom. The summed E-state index contributed by atoms with van der Waals surface area (Å²) in [7, 11) is 0. The van der Waals surface area contributed by atoms with Crippen molar-refractivity contribution in [1.82, 2.24) is 0 Å². The molecule has 3 nitrogen and oxygen atoms in total. The summed E-state index contributed by atoms with van der Waals surface area (Å²) in [6, 6.07) is 3.09. The highest BCUT2D eigenvalue weighted by atomic mass is 16.3. The van der Waals surface area contributed by atoms with Crippen LogP contribution in [0.3, 0.4) is 0 Å². The lowest BCUT2D eigenvalue weighted by Gasteiger charge is -2.10. The van der Waals surface area contributed by atoms with E-state index in [1.54, 1.807) is 19.1 Å². The lowest BCUT2D eigenvalue weighted by atomic mass is 10.1. The molecule has 0 aliphatic carbocycles. The van der Waals surface area contributed by atoms with Crippen LogP contribution in [0.15, 0.2) is 22.8 Å². The fraction of sp³-hybridized carbons (Fsp3) is 0.429. The largest absolute Gasteiger partial charge is 0.468 e. The maximum absolute atomic E-state index is 9.01. The number of aliphatic hydroxyl groups is 1. The fourth-order valence-corrected chi connectivity index (χ4v) is 0.719. The Morgan fingerprint density at radius 1 is 1.70 bits per heavy atom. The molecule has 3 heteroatoms. The zero-order valence-electron chi connectivity index (χ0n) is 5.82. The van der Waals surface area contributed by atoms with Crippen LogP contribution in [0.2, 0.25) is 0 Å². The topological polar surface area (TPSA) is 59.4 Å². The second-order valence-corrected chi connectivity index (χ2v) is 2.28. The van der Waals surface area contributed by atoms with Gasteiger partial charge in [0.1, 0.15) is 5.76 Å². The van der Waals surface area contributed by atoms with E-state index in [9.17, 15) is 0 Å². The van der Waals surface area contributed by atoms with E-state index in [1.165, 1.54) is 6.26 Å². The summed E-state index contributed by atoms with van der Waals surface area (Å²) < 4.78 is 4.97. The average Bonchev–Trinajstić information content (AvgIpc) is 2.36. The SMILES string of the molecule is C[C@@H](O)[C@H](N)c1ccco1. The van der Waals surface area contributed by atoms with Crippen molar-refractivity contribution in [3.63, 3.8) is 0 Å². The Labute approximate surface area is 59.5 Å². The standard InChI is InChI=1S/C7H11NO2/c1-5(9)7(8)6-3-2-4-10-6/h2-5,7,9H,8H2,1H3/t5-,7+/m1/s1. The molecule has 56 valence electrons. The van der Waals surface area contributed by atoms with Gasteiger partial charge >= 0.3 is 0 Å². The zero-order chi connectivity index (χ0) is 7.56. The molecule has 1 rings (SSSR count). The second-order valence-electron chi connectivity index (χ2n) is 2.28. The van der Waals surface area contributed by atoms with E-state index in [-0.39, 0.29) is 0 Å². The smallest absolute Gasteiger partial charge is 0.123 e. The van der Waals surface area contributed by atoms with Gasteiger partial charge in [0.05, 0.1) is 18.4 Å². The van der Waals surface area contributed by atoms with Gasteiger partial charge in [0.15, 0.2) is 0 Å². The van der Waals surface area contributed by atoms with Gasteiger partial charge in [0.2, 0.25) is 0 Å². The van der Waals surface area contributed by atoms with Gasteiger partial charge in [-0.25, -0.2) is 0 Å². The summed E-state index contributed by atoms with van der Waals surface area (Å²) in [5, 5.41) is 9.01. The quantitative estimate of drug-likeness (QED) is 0.636. The van der Waals surface area contributed by atoms with E-state index < -0.39 is 12.1 Å². The molecule has 0 saturated heterocycles. The van der Waals surface area contributed by atoms with E-state index in [0.717, 1.165) is 0 Å². The van der Waals surface area contributed by atoms with Gasteiger partial charge < -0.3 is 15.3 Å². The number of nitrogens with two attached hydrogens (primary N) is 1. The molecule has 0 aromatic carbocycles. The molecule has 0 unspecified atom stereocenters. The highest BCUT2D eigenvalue weighted by Crippen LogP contribution is 2.13. The van der Waals surface area contributed by atoms with Crippen molar-refractivity contribution in [2.75, 3.05) is 0 Å². The molecular weight excluding hydrogens is 130 g/mol. The highest BCUT2D eigenvalue weighted by molar-refractivity contribution is 5.04. The van der Waals surface area contributed by atoms with E-state index >= 15 is 0 Å². The minimum absolute atomic E-state index is 0.407. The molecule has 0 fully saturated rings. The van der Waals surface area contributed by atoms with Crippen molar-refractivity contribution >= 4 is 0 Å². The van der Waals surface area contributed by atoms with Crippen molar-refractivity contribution in [2.24, 2.45) is 5.73 Å². The van der Waals surface area contributed by atoms with Crippen LogP contribution in [0.1, 0.15) is 18.7 Å². The molecule has 0 aliphatic heterocycles. The first-order chi connectivity index (χ1) is 4.72. The Kier molecular flexibility index (Phi) is 2.09. The van der Waals surface area contributed by atoms with E-state index in [2.05, 4.69) is 0 Å². The minimum atomic E-state index is -0.564.